The number of rotatable bonds is 4. The number of hydrogen-bond donors (Lipinski definition) is 1. The van der Waals surface area contributed by atoms with Crippen LogP contribution in [0.25, 0.3) is 0 Å². The Morgan fingerprint density at radius 1 is 1.60 bits per heavy atom. The van der Waals surface area contributed by atoms with Crippen molar-refractivity contribution in [2.75, 3.05) is 6.54 Å². The molecule has 15 heavy (non-hydrogen) atoms. The second-order valence-corrected chi connectivity index (χ2v) is 3.33. The third kappa shape index (κ3) is 2.48. The molecule has 82 valence electrons. The van der Waals surface area contributed by atoms with Gasteiger partial charge in [0.2, 0.25) is 0 Å². The minimum absolute atomic E-state index is 0.252. The minimum atomic E-state index is -2.58. The molecule has 0 bridgehead atoms. The molecule has 1 aliphatic rings. The lowest BCUT2D eigenvalue weighted by atomic mass is 10.4. The predicted molar refractivity (Wildman–Crippen MR) is 44.6 cm³/mol. The largest absolute Gasteiger partial charge is 0.342 e. The molecule has 0 aromatic carbocycles. The number of nitrogens with one attached hydrogen (secondary N) is 1. The maximum Gasteiger partial charge on any atom is 0.315 e. The lowest BCUT2D eigenvalue weighted by Crippen LogP contribution is -2.28. The molecule has 0 saturated heterocycles. The fourth-order valence-electron chi connectivity index (χ4n) is 1.08. The van der Waals surface area contributed by atoms with Crippen molar-refractivity contribution in [1.29, 1.82) is 0 Å². The zero-order valence-corrected chi connectivity index (χ0v) is 7.74. The highest BCUT2D eigenvalue weighted by molar-refractivity contribution is 5.89. The Kier molecular flexibility index (Phi) is 2.61. The smallest absolute Gasteiger partial charge is 0.315 e. The molecule has 1 fully saturated rings. The van der Waals surface area contributed by atoms with Crippen LogP contribution >= 0.6 is 0 Å². The summed E-state index contributed by atoms with van der Waals surface area (Å²) in [6.07, 6.45) is -0.616. The van der Waals surface area contributed by atoms with E-state index < -0.39 is 18.9 Å². The summed E-state index contributed by atoms with van der Waals surface area (Å²) in [5.41, 5.74) is 0. The molecule has 1 aromatic heterocycles. The van der Waals surface area contributed by atoms with Gasteiger partial charge in [-0.2, -0.15) is 4.98 Å². The summed E-state index contributed by atoms with van der Waals surface area (Å²) in [5.74, 6) is -0.255. The molecule has 1 aliphatic carbocycles. The molecule has 0 atom stereocenters. The van der Waals surface area contributed by atoms with Crippen molar-refractivity contribution in [2.45, 2.75) is 25.2 Å². The topological polar surface area (TPSA) is 68.0 Å². The van der Waals surface area contributed by atoms with E-state index in [4.69, 9.17) is 0 Å². The zero-order valence-electron chi connectivity index (χ0n) is 7.74. The van der Waals surface area contributed by atoms with Gasteiger partial charge in [-0.05, 0) is 12.8 Å². The average molecular weight is 217 g/mol. The van der Waals surface area contributed by atoms with E-state index in [1.807, 2.05) is 5.32 Å². The Hall–Kier alpha value is -1.53. The molecule has 5 nitrogen and oxygen atoms in total. The van der Waals surface area contributed by atoms with Gasteiger partial charge in [0.15, 0.2) is 5.82 Å². The predicted octanol–water partition coefficient (Wildman–Crippen LogP) is 0.942. The van der Waals surface area contributed by atoms with E-state index in [1.165, 1.54) is 0 Å². The van der Waals surface area contributed by atoms with Crippen molar-refractivity contribution in [3.63, 3.8) is 0 Å². The maximum atomic E-state index is 11.8. The van der Waals surface area contributed by atoms with Crippen molar-refractivity contribution < 1.29 is 18.1 Å². The summed E-state index contributed by atoms with van der Waals surface area (Å²) in [5, 5.41) is 5.58. The van der Waals surface area contributed by atoms with Gasteiger partial charge >= 0.3 is 11.8 Å². The van der Waals surface area contributed by atoms with Gasteiger partial charge in [0.1, 0.15) is 0 Å². The molecule has 1 amide bonds. The van der Waals surface area contributed by atoms with Gasteiger partial charge in [0.05, 0.1) is 6.54 Å². The Labute approximate surface area is 83.8 Å². The lowest BCUT2D eigenvalue weighted by molar-refractivity contribution is 0.0850. The van der Waals surface area contributed by atoms with Gasteiger partial charge < -0.3 is 9.84 Å². The fraction of sp³-hybridized carbons (Fsp3) is 0.625. The van der Waals surface area contributed by atoms with Crippen LogP contribution in [0.15, 0.2) is 4.52 Å². The summed E-state index contributed by atoms with van der Waals surface area (Å²) < 4.78 is 28.2. The first-order valence-electron chi connectivity index (χ1n) is 4.57. The molecule has 0 radical (unpaired) electrons. The molecule has 0 unspecified atom stereocenters. The van der Waals surface area contributed by atoms with Crippen LogP contribution in [0, 0.1) is 0 Å². The van der Waals surface area contributed by atoms with Crippen molar-refractivity contribution in [3.05, 3.63) is 11.7 Å². The van der Waals surface area contributed by atoms with Gasteiger partial charge in [-0.3, -0.25) is 4.79 Å². The molecule has 0 aliphatic heterocycles. The monoisotopic (exact) mass is 217 g/mol. The zero-order chi connectivity index (χ0) is 10.8. The number of hydrogen-bond acceptors (Lipinski definition) is 4. The van der Waals surface area contributed by atoms with Crippen LogP contribution < -0.4 is 5.32 Å². The van der Waals surface area contributed by atoms with Gasteiger partial charge in [0.25, 0.3) is 6.43 Å². The van der Waals surface area contributed by atoms with Crippen LogP contribution in [0.1, 0.15) is 35.3 Å². The molecule has 1 N–H and O–H groups in total. The number of carbonyl (C=O) groups excluding carboxylic acids is 1. The quantitative estimate of drug-likeness (QED) is 0.814. The molecular formula is C8H9F2N3O2. The molecule has 1 heterocycles. The van der Waals surface area contributed by atoms with E-state index in [9.17, 15) is 13.6 Å². The highest BCUT2D eigenvalue weighted by Gasteiger charge is 2.29. The van der Waals surface area contributed by atoms with Crippen LogP contribution in [-0.4, -0.2) is 29.0 Å². The number of amides is 1. The molecule has 1 aromatic rings. The van der Waals surface area contributed by atoms with Gasteiger partial charge in [-0.15, -0.1) is 0 Å². The van der Waals surface area contributed by atoms with E-state index in [1.54, 1.807) is 0 Å². The SMILES string of the molecule is O=C(NCC(F)F)c1nc(C2CC2)no1. The van der Waals surface area contributed by atoms with Crippen LogP contribution in [0.5, 0.6) is 0 Å². The van der Waals surface area contributed by atoms with E-state index in [0.717, 1.165) is 12.8 Å². The summed E-state index contributed by atoms with van der Waals surface area (Å²) in [4.78, 5) is 15.0. The van der Waals surface area contributed by atoms with E-state index >= 15 is 0 Å². The van der Waals surface area contributed by atoms with E-state index in [0.29, 0.717) is 5.82 Å². The van der Waals surface area contributed by atoms with Crippen LogP contribution in [0.2, 0.25) is 0 Å². The first-order chi connectivity index (χ1) is 7.16. The molecular weight excluding hydrogens is 208 g/mol. The minimum Gasteiger partial charge on any atom is -0.342 e. The highest BCUT2D eigenvalue weighted by atomic mass is 19.3. The van der Waals surface area contributed by atoms with Crippen LogP contribution in [0.3, 0.4) is 0 Å². The molecule has 7 heteroatoms. The van der Waals surface area contributed by atoms with E-state index in [-0.39, 0.29) is 11.8 Å². The molecule has 2 rings (SSSR count). The van der Waals surface area contributed by atoms with Crippen molar-refractivity contribution in [2.24, 2.45) is 0 Å². The summed E-state index contributed by atoms with van der Waals surface area (Å²) in [6.45, 7) is -0.708. The fourth-order valence-corrected chi connectivity index (χ4v) is 1.08. The van der Waals surface area contributed by atoms with Gasteiger partial charge in [0, 0.05) is 5.92 Å². The van der Waals surface area contributed by atoms with Crippen molar-refractivity contribution in [3.8, 4) is 0 Å². The third-order valence-corrected chi connectivity index (χ3v) is 2.00. The Bertz CT molecular complexity index is 363. The molecule has 1 saturated carbocycles. The highest BCUT2D eigenvalue weighted by Crippen LogP contribution is 2.37. The summed E-state index contributed by atoms with van der Waals surface area (Å²) >= 11 is 0. The van der Waals surface area contributed by atoms with Crippen LogP contribution in [-0.2, 0) is 0 Å². The average Bonchev–Trinajstić information content (AvgIpc) is 2.93. The Morgan fingerprint density at radius 3 is 2.93 bits per heavy atom. The first-order valence-corrected chi connectivity index (χ1v) is 4.57. The van der Waals surface area contributed by atoms with Crippen molar-refractivity contribution >= 4 is 5.91 Å². The number of carbonyl (C=O) groups is 1. The van der Waals surface area contributed by atoms with E-state index in [2.05, 4.69) is 14.7 Å². The second-order valence-electron chi connectivity index (χ2n) is 3.33. The van der Waals surface area contributed by atoms with Crippen molar-refractivity contribution in [1.82, 2.24) is 15.5 Å². The normalized spacial score (nSPS) is 15.7. The maximum absolute atomic E-state index is 11.8. The number of alkyl halides is 2. The standard InChI is InChI=1S/C8H9F2N3O2/c9-5(10)3-11-7(14)8-12-6(13-15-8)4-1-2-4/h4-5H,1-3H2,(H,11,14). The first kappa shape index (κ1) is 10.0. The van der Waals surface area contributed by atoms with Crippen LogP contribution in [0.4, 0.5) is 8.78 Å². The third-order valence-electron chi connectivity index (χ3n) is 2.00. The lowest BCUT2D eigenvalue weighted by Gasteiger charge is -1.98. The van der Waals surface area contributed by atoms with Gasteiger partial charge in [-0.1, -0.05) is 5.16 Å². The Morgan fingerprint density at radius 2 is 2.33 bits per heavy atom. The summed E-state index contributed by atoms with van der Waals surface area (Å²) in [7, 11) is 0. The van der Waals surface area contributed by atoms with Gasteiger partial charge in [-0.25, -0.2) is 8.78 Å². The Balaban J connectivity index is 1.93. The second kappa shape index (κ2) is 3.92. The summed E-state index contributed by atoms with van der Waals surface area (Å²) in [6, 6.07) is 0. The number of aromatic nitrogens is 2. The molecule has 0 spiro atoms. The number of halogens is 2. The number of nitrogens with zero attached hydrogens (tertiary/aromatic N) is 2.